The van der Waals surface area contributed by atoms with E-state index in [4.69, 9.17) is 4.42 Å². The summed E-state index contributed by atoms with van der Waals surface area (Å²) in [6, 6.07) is 4.27. The Morgan fingerprint density at radius 2 is 2.39 bits per heavy atom. The molecular weight excluding hydrogens is 228 g/mol. The van der Waals surface area contributed by atoms with Crippen LogP contribution < -0.4 is 5.32 Å². The summed E-state index contributed by atoms with van der Waals surface area (Å²) in [4.78, 5) is 14.0. The van der Waals surface area contributed by atoms with E-state index >= 15 is 0 Å². The molecule has 4 nitrogen and oxygen atoms in total. The lowest BCUT2D eigenvalue weighted by Gasteiger charge is -2.21. The second-order valence-corrected chi connectivity index (χ2v) is 4.68. The van der Waals surface area contributed by atoms with Crippen LogP contribution in [0.25, 0.3) is 0 Å². The van der Waals surface area contributed by atoms with Gasteiger partial charge in [-0.15, -0.1) is 6.58 Å². The summed E-state index contributed by atoms with van der Waals surface area (Å²) in [5, 5.41) is 3.05. The van der Waals surface area contributed by atoms with Crippen molar-refractivity contribution in [2.45, 2.75) is 32.4 Å². The number of rotatable bonds is 7. The van der Waals surface area contributed by atoms with Gasteiger partial charge in [0.15, 0.2) is 0 Å². The fourth-order valence-corrected chi connectivity index (χ4v) is 1.93. The first-order chi connectivity index (χ1) is 8.70. The third kappa shape index (κ3) is 3.47. The average Bonchev–Trinajstić information content (AvgIpc) is 3.10. The van der Waals surface area contributed by atoms with Crippen molar-refractivity contribution < 1.29 is 9.21 Å². The Kier molecular flexibility index (Phi) is 4.20. The van der Waals surface area contributed by atoms with E-state index in [2.05, 4.69) is 11.9 Å². The molecule has 1 saturated carbocycles. The quantitative estimate of drug-likeness (QED) is 0.591. The Morgan fingerprint density at radius 3 is 2.94 bits per heavy atom. The van der Waals surface area contributed by atoms with Gasteiger partial charge >= 0.3 is 0 Å². The van der Waals surface area contributed by atoms with Gasteiger partial charge in [0.25, 0.3) is 0 Å². The monoisotopic (exact) mass is 248 g/mol. The maximum Gasteiger partial charge on any atom is 0.237 e. The van der Waals surface area contributed by atoms with Crippen LogP contribution >= 0.6 is 0 Å². The summed E-state index contributed by atoms with van der Waals surface area (Å²) in [5.41, 5.74) is 0. The van der Waals surface area contributed by atoms with E-state index in [-0.39, 0.29) is 5.91 Å². The van der Waals surface area contributed by atoms with E-state index in [9.17, 15) is 4.79 Å². The summed E-state index contributed by atoms with van der Waals surface area (Å²) in [7, 11) is 0. The second kappa shape index (κ2) is 5.87. The van der Waals surface area contributed by atoms with E-state index in [1.54, 1.807) is 6.08 Å². The predicted molar refractivity (Wildman–Crippen MR) is 70.1 cm³/mol. The van der Waals surface area contributed by atoms with Crippen molar-refractivity contribution >= 4 is 5.91 Å². The maximum absolute atomic E-state index is 12.1. The van der Waals surface area contributed by atoms with Crippen LogP contribution in [0.3, 0.4) is 0 Å². The van der Waals surface area contributed by atoms with Crippen LogP contribution in [0.1, 0.15) is 24.4 Å². The lowest BCUT2D eigenvalue weighted by atomic mass is 10.3. The highest BCUT2D eigenvalue weighted by atomic mass is 16.3. The number of aryl methyl sites for hydroxylation is 1. The third-order valence-electron chi connectivity index (χ3n) is 3.00. The summed E-state index contributed by atoms with van der Waals surface area (Å²) in [5.74, 6) is 1.88. The van der Waals surface area contributed by atoms with Gasteiger partial charge in [0.1, 0.15) is 11.5 Å². The van der Waals surface area contributed by atoms with Crippen molar-refractivity contribution in [3.8, 4) is 0 Å². The Labute approximate surface area is 108 Å². The molecule has 1 heterocycles. The van der Waals surface area contributed by atoms with Crippen molar-refractivity contribution in [2.75, 3.05) is 13.1 Å². The van der Waals surface area contributed by atoms with Crippen molar-refractivity contribution in [2.24, 2.45) is 0 Å². The first kappa shape index (κ1) is 12.9. The smallest absolute Gasteiger partial charge is 0.237 e. The lowest BCUT2D eigenvalue weighted by molar-refractivity contribution is -0.131. The molecule has 0 bridgehead atoms. The van der Waals surface area contributed by atoms with E-state index in [1.807, 2.05) is 24.0 Å². The van der Waals surface area contributed by atoms with Crippen molar-refractivity contribution in [3.63, 3.8) is 0 Å². The number of nitrogens with one attached hydrogen (secondary N) is 1. The van der Waals surface area contributed by atoms with Crippen molar-refractivity contribution in [1.29, 1.82) is 0 Å². The number of nitrogens with zero attached hydrogens (tertiary/aromatic N) is 1. The summed E-state index contributed by atoms with van der Waals surface area (Å²) in [6.07, 6.45) is 3.96. The molecule has 0 aliphatic heterocycles. The molecule has 0 spiro atoms. The van der Waals surface area contributed by atoms with Gasteiger partial charge in [-0.05, 0) is 31.9 Å². The molecule has 1 aliphatic rings. The first-order valence-electron chi connectivity index (χ1n) is 6.37. The van der Waals surface area contributed by atoms with E-state index in [1.165, 1.54) is 0 Å². The molecule has 2 rings (SSSR count). The molecule has 1 aromatic rings. The highest BCUT2D eigenvalue weighted by Gasteiger charge is 2.32. The normalized spacial score (nSPS) is 14.5. The standard InChI is InChI=1S/C14H20N2O2/c1-3-8-15-9-14(17)16(12-5-6-12)10-13-7-4-11(2)18-13/h3-4,7,12,15H,1,5-6,8-10H2,2H3. The Bertz CT molecular complexity index is 421. The minimum atomic E-state index is 0.133. The number of furan rings is 1. The minimum Gasteiger partial charge on any atom is -0.464 e. The van der Waals surface area contributed by atoms with Gasteiger partial charge in [-0.1, -0.05) is 6.08 Å². The molecule has 1 fully saturated rings. The molecule has 0 aromatic carbocycles. The van der Waals surface area contributed by atoms with Gasteiger partial charge in [-0.25, -0.2) is 0 Å². The van der Waals surface area contributed by atoms with Gasteiger partial charge in [-0.2, -0.15) is 0 Å². The van der Waals surface area contributed by atoms with Crippen molar-refractivity contribution in [1.82, 2.24) is 10.2 Å². The van der Waals surface area contributed by atoms with Crippen molar-refractivity contribution in [3.05, 3.63) is 36.3 Å². The summed E-state index contributed by atoms with van der Waals surface area (Å²) < 4.78 is 5.54. The number of hydrogen-bond donors (Lipinski definition) is 1. The molecule has 4 heteroatoms. The molecule has 1 aliphatic carbocycles. The molecule has 0 unspecified atom stereocenters. The van der Waals surface area contributed by atoms with Crippen LogP contribution in [0.2, 0.25) is 0 Å². The molecule has 0 atom stereocenters. The van der Waals surface area contributed by atoms with Crippen LogP contribution in [0.5, 0.6) is 0 Å². The number of carbonyl (C=O) groups is 1. The zero-order chi connectivity index (χ0) is 13.0. The van der Waals surface area contributed by atoms with Gasteiger partial charge in [0.05, 0.1) is 13.1 Å². The first-order valence-corrected chi connectivity index (χ1v) is 6.37. The van der Waals surface area contributed by atoms with Gasteiger partial charge < -0.3 is 14.6 Å². The van der Waals surface area contributed by atoms with E-state index < -0.39 is 0 Å². The Balaban J connectivity index is 1.91. The molecule has 18 heavy (non-hydrogen) atoms. The topological polar surface area (TPSA) is 45.5 Å². The SMILES string of the molecule is C=CCNCC(=O)N(Cc1ccc(C)o1)C1CC1. The number of hydrogen-bond acceptors (Lipinski definition) is 3. The molecule has 98 valence electrons. The van der Waals surface area contributed by atoms with E-state index in [0.29, 0.717) is 25.7 Å². The minimum absolute atomic E-state index is 0.133. The third-order valence-corrected chi connectivity index (χ3v) is 3.00. The van der Waals surface area contributed by atoms with Gasteiger partial charge in [-0.3, -0.25) is 4.79 Å². The van der Waals surface area contributed by atoms with Crippen LogP contribution in [-0.4, -0.2) is 29.9 Å². The maximum atomic E-state index is 12.1. The van der Waals surface area contributed by atoms with Crippen LogP contribution in [0, 0.1) is 6.92 Å². The molecule has 0 radical (unpaired) electrons. The second-order valence-electron chi connectivity index (χ2n) is 4.68. The fraction of sp³-hybridized carbons (Fsp3) is 0.500. The number of amides is 1. The zero-order valence-corrected chi connectivity index (χ0v) is 10.8. The molecule has 1 N–H and O–H groups in total. The Hall–Kier alpha value is -1.55. The molecule has 0 saturated heterocycles. The summed E-state index contributed by atoms with van der Waals surface area (Å²) in [6.45, 7) is 7.13. The zero-order valence-electron chi connectivity index (χ0n) is 10.8. The highest BCUT2D eigenvalue weighted by molar-refractivity contribution is 5.78. The molecule has 1 aromatic heterocycles. The van der Waals surface area contributed by atoms with Crippen LogP contribution in [0.15, 0.2) is 29.2 Å². The van der Waals surface area contributed by atoms with Crippen LogP contribution in [-0.2, 0) is 11.3 Å². The molecule has 1 amide bonds. The Morgan fingerprint density at radius 1 is 1.61 bits per heavy atom. The van der Waals surface area contributed by atoms with Crippen LogP contribution in [0.4, 0.5) is 0 Å². The average molecular weight is 248 g/mol. The van der Waals surface area contributed by atoms with Gasteiger partial charge in [0, 0.05) is 12.6 Å². The fourth-order valence-electron chi connectivity index (χ4n) is 1.93. The molecular formula is C14H20N2O2. The van der Waals surface area contributed by atoms with E-state index in [0.717, 1.165) is 24.4 Å². The summed E-state index contributed by atoms with van der Waals surface area (Å²) >= 11 is 0. The lowest BCUT2D eigenvalue weighted by Crippen LogP contribution is -2.39. The largest absolute Gasteiger partial charge is 0.464 e. The highest BCUT2D eigenvalue weighted by Crippen LogP contribution is 2.28. The predicted octanol–water partition coefficient (Wildman–Crippen LogP) is 1.85. The van der Waals surface area contributed by atoms with Gasteiger partial charge in [0.2, 0.25) is 5.91 Å². The number of carbonyl (C=O) groups excluding carboxylic acids is 1.